The van der Waals surface area contributed by atoms with E-state index in [9.17, 15) is 14.7 Å². The van der Waals surface area contributed by atoms with Crippen LogP contribution < -0.4 is 5.32 Å². The zero-order valence-corrected chi connectivity index (χ0v) is 14.3. The van der Waals surface area contributed by atoms with Crippen molar-refractivity contribution in [1.29, 1.82) is 0 Å². The van der Waals surface area contributed by atoms with Crippen molar-refractivity contribution in [3.05, 3.63) is 0 Å². The Morgan fingerprint density at radius 3 is 2.87 bits per heavy atom. The monoisotopic (exact) mass is 326 g/mol. The molecular formula is C17H30N2O4. The second-order valence-corrected chi connectivity index (χ2v) is 6.98. The zero-order chi connectivity index (χ0) is 16.9. The van der Waals surface area contributed by atoms with Gasteiger partial charge in [0.15, 0.2) is 0 Å². The lowest BCUT2D eigenvalue weighted by Crippen LogP contribution is -2.54. The molecule has 2 fully saturated rings. The maximum Gasteiger partial charge on any atom is 0.225 e. The number of hydrogen-bond acceptors (Lipinski definition) is 4. The van der Waals surface area contributed by atoms with Crippen molar-refractivity contribution in [2.24, 2.45) is 11.8 Å². The summed E-state index contributed by atoms with van der Waals surface area (Å²) in [6, 6.07) is 0. The van der Waals surface area contributed by atoms with E-state index in [4.69, 9.17) is 4.74 Å². The van der Waals surface area contributed by atoms with Crippen LogP contribution in [0.15, 0.2) is 0 Å². The fraction of sp³-hybridized carbons (Fsp3) is 0.882. The van der Waals surface area contributed by atoms with Crippen LogP contribution in [0.25, 0.3) is 0 Å². The molecular weight excluding hydrogens is 296 g/mol. The minimum atomic E-state index is -0.436. The zero-order valence-electron chi connectivity index (χ0n) is 14.3. The number of amides is 2. The van der Waals surface area contributed by atoms with Gasteiger partial charge in [0.25, 0.3) is 0 Å². The third-order valence-electron chi connectivity index (χ3n) is 5.22. The lowest BCUT2D eigenvalue weighted by atomic mass is 9.91. The third-order valence-corrected chi connectivity index (χ3v) is 5.22. The largest absolute Gasteiger partial charge is 0.396 e. The van der Waals surface area contributed by atoms with Gasteiger partial charge in [0.2, 0.25) is 11.8 Å². The van der Waals surface area contributed by atoms with Crippen LogP contribution in [0.1, 0.15) is 46.0 Å². The van der Waals surface area contributed by atoms with E-state index >= 15 is 0 Å². The number of nitrogens with zero attached hydrogens (tertiary/aromatic N) is 1. The Morgan fingerprint density at radius 1 is 1.48 bits per heavy atom. The maximum absolute atomic E-state index is 12.7. The summed E-state index contributed by atoms with van der Waals surface area (Å²) in [7, 11) is 0. The standard InChI is InChI=1S/C17H30N2O4/c1-3-13(2)16(22)19-8-4-5-14(11-19)15(21)18-17(6-9-20)7-10-23-12-17/h13-14,20H,3-12H2,1-2H3,(H,18,21). The molecule has 2 amide bonds. The molecule has 2 rings (SSSR count). The van der Waals surface area contributed by atoms with Gasteiger partial charge < -0.3 is 20.1 Å². The molecule has 23 heavy (non-hydrogen) atoms. The van der Waals surface area contributed by atoms with Crippen LogP contribution in [0.2, 0.25) is 0 Å². The van der Waals surface area contributed by atoms with Crippen molar-refractivity contribution < 1.29 is 19.4 Å². The second kappa shape index (κ2) is 8.11. The number of aliphatic hydroxyl groups excluding tert-OH is 1. The molecule has 6 nitrogen and oxygen atoms in total. The van der Waals surface area contributed by atoms with Crippen molar-refractivity contribution in [1.82, 2.24) is 10.2 Å². The lowest BCUT2D eigenvalue weighted by Gasteiger charge is -2.36. The number of piperidine rings is 1. The van der Waals surface area contributed by atoms with Crippen LogP contribution in [-0.2, 0) is 14.3 Å². The van der Waals surface area contributed by atoms with Gasteiger partial charge in [-0.2, -0.15) is 0 Å². The van der Waals surface area contributed by atoms with Crippen molar-refractivity contribution in [2.45, 2.75) is 51.5 Å². The number of rotatable bonds is 6. The summed E-state index contributed by atoms with van der Waals surface area (Å²) >= 11 is 0. The molecule has 0 aromatic rings. The van der Waals surface area contributed by atoms with Gasteiger partial charge in [0.05, 0.1) is 18.1 Å². The Morgan fingerprint density at radius 2 is 2.26 bits per heavy atom. The molecule has 2 saturated heterocycles. The molecule has 132 valence electrons. The fourth-order valence-corrected chi connectivity index (χ4v) is 3.42. The summed E-state index contributed by atoms with van der Waals surface area (Å²) in [5.41, 5.74) is -0.436. The average Bonchev–Trinajstić information content (AvgIpc) is 3.02. The summed E-state index contributed by atoms with van der Waals surface area (Å²) in [6.45, 7) is 6.31. The maximum atomic E-state index is 12.7. The summed E-state index contributed by atoms with van der Waals surface area (Å²) in [4.78, 5) is 26.8. The van der Waals surface area contributed by atoms with Gasteiger partial charge in [-0.05, 0) is 32.1 Å². The summed E-state index contributed by atoms with van der Waals surface area (Å²) in [5.74, 6) is -0.00132. The molecule has 2 aliphatic rings. The van der Waals surface area contributed by atoms with Gasteiger partial charge in [-0.1, -0.05) is 13.8 Å². The number of nitrogens with one attached hydrogen (secondary N) is 1. The van der Waals surface area contributed by atoms with Crippen molar-refractivity contribution in [3.8, 4) is 0 Å². The topological polar surface area (TPSA) is 78.9 Å². The number of carbonyl (C=O) groups is 2. The Bertz CT molecular complexity index is 421. The van der Waals surface area contributed by atoms with E-state index in [2.05, 4.69) is 5.32 Å². The van der Waals surface area contributed by atoms with Crippen molar-refractivity contribution in [2.75, 3.05) is 32.9 Å². The highest BCUT2D eigenvalue weighted by molar-refractivity contribution is 5.82. The molecule has 6 heteroatoms. The molecule has 0 bridgehead atoms. The van der Waals surface area contributed by atoms with E-state index in [0.29, 0.717) is 26.2 Å². The first-order valence-corrected chi connectivity index (χ1v) is 8.81. The van der Waals surface area contributed by atoms with Gasteiger partial charge in [-0.3, -0.25) is 9.59 Å². The van der Waals surface area contributed by atoms with E-state index in [-0.39, 0.29) is 30.3 Å². The number of ether oxygens (including phenoxy) is 1. The van der Waals surface area contributed by atoms with Gasteiger partial charge >= 0.3 is 0 Å². The molecule has 0 aromatic heterocycles. The smallest absolute Gasteiger partial charge is 0.225 e. The van der Waals surface area contributed by atoms with E-state index < -0.39 is 5.54 Å². The Balaban J connectivity index is 1.95. The minimum Gasteiger partial charge on any atom is -0.396 e. The highest BCUT2D eigenvalue weighted by atomic mass is 16.5. The molecule has 2 aliphatic heterocycles. The van der Waals surface area contributed by atoms with Crippen molar-refractivity contribution in [3.63, 3.8) is 0 Å². The van der Waals surface area contributed by atoms with Crippen LogP contribution in [0.5, 0.6) is 0 Å². The first-order chi connectivity index (χ1) is 11.0. The predicted octanol–water partition coefficient (Wildman–Crippen LogP) is 0.929. The highest BCUT2D eigenvalue weighted by Crippen LogP contribution is 2.25. The minimum absolute atomic E-state index is 0.00870. The van der Waals surface area contributed by atoms with Gasteiger partial charge in [-0.15, -0.1) is 0 Å². The molecule has 3 unspecified atom stereocenters. The molecule has 0 spiro atoms. The number of hydrogen-bond donors (Lipinski definition) is 2. The number of carbonyl (C=O) groups excluding carboxylic acids is 2. The first kappa shape index (κ1) is 18.2. The fourth-order valence-electron chi connectivity index (χ4n) is 3.42. The van der Waals surface area contributed by atoms with Gasteiger partial charge in [0.1, 0.15) is 0 Å². The molecule has 0 aliphatic carbocycles. The van der Waals surface area contributed by atoms with Crippen LogP contribution in [0, 0.1) is 11.8 Å². The van der Waals surface area contributed by atoms with Crippen LogP contribution in [0.3, 0.4) is 0 Å². The van der Waals surface area contributed by atoms with Gasteiger partial charge in [-0.25, -0.2) is 0 Å². The number of likely N-dealkylation sites (tertiary alicyclic amines) is 1. The van der Waals surface area contributed by atoms with E-state index in [1.54, 1.807) is 0 Å². The lowest BCUT2D eigenvalue weighted by molar-refractivity contribution is -0.139. The predicted molar refractivity (Wildman–Crippen MR) is 86.8 cm³/mol. The molecule has 2 heterocycles. The molecule has 0 radical (unpaired) electrons. The second-order valence-electron chi connectivity index (χ2n) is 6.98. The Hall–Kier alpha value is -1.14. The van der Waals surface area contributed by atoms with Crippen LogP contribution >= 0.6 is 0 Å². The Labute approximate surface area is 138 Å². The summed E-state index contributed by atoms with van der Waals surface area (Å²) in [6.07, 6.45) is 3.75. The SMILES string of the molecule is CCC(C)C(=O)N1CCCC(C(=O)NC2(CCO)CCOC2)C1. The van der Waals surface area contributed by atoms with E-state index in [1.165, 1.54) is 0 Å². The average molecular weight is 326 g/mol. The molecule has 0 aromatic carbocycles. The van der Waals surface area contributed by atoms with Gasteiger partial charge in [0, 0.05) is 32.2 Å². The summed E-state index contributed by atoms with van der Waals surface area (Å²) in [5, 5.41) is 12.4. The summed E-state index contributed by atoms with van der Waals surface area (Å²) < 4.78 is 5.42. The normalized spacial score (nSPS) is 29.3. The molecule has 2 N–H and O–H groups in total. The quantitative estimate of drug-likeness (QED) is 0.761. The van der Waals surface area contributed by atoms with Crippen LogP contribution in [-0.4, -0.2) is 60.3 Å². The Kier molecular flexibility index (Phi) is 6.41. The first-order valence-electron chi connectivity index (χ1n) is 8.81. The molecule has 3 atom stereocenters. The molecule has 0 saturated carbocycles. The highest BCUT2D eigenvalue weighted by Gasteiger charge is 2.38. The third kappa shape index (κ3) is 4.44. The van der Waals surface area contributed by atoms with E-state index in [0.717, 1.165) is 32.2 Å². The number of aliphatic hydroxyl groups is 1. The van der Waals surface area contributed by atoms with Crippen LogP contribution in [0.4, 0.5) is 0 Å². The van der Waals surface area contributed by atoms with Crippen molar-refractivity contribution >= 4 is 11.8 Å². The van der Waals surface area contributed by atoms with E-state index in [1.807, 2.05) is 18.7 Å².